The molecule has 0 spiro atoms. The number of aromatic nitrogens is 5. The second kappa shape index (κ2) is 12.2. The molecule has 0 unspecified atom stereocenters. The van der Waals surface area contributed by atoms with Crippen LogP contribution >= 0.6 is 0 Å². The van der Waals surface area contributed by atoms with Gasteiger partial charge in [0.15, 0.2) is 0 Å². The van der Waals surface area contributed by atoms with Crippen molar-refractivity contribution < 1.29 is 9.53 Å². The van der Waals surface area contributed by atoms with E-state index in [-0.39, 0.29) is 11.4 Å². The van der Waals surface area contributed by atoms with Gasteiger partial charge in [-0.1, -0.05) is 63.2 Å². The summed E-state index contributed by atoms with van der Waals surface area (Å²) in [4.78, 5) is 26.0. The Morgan fingerprint density at radius 3 is 2.36 bits per heavy atom. The molecule has 2 amide bonds. The number of nitrogens with one attached hydrogen (secondary N) is 3. The van der Waals surface area contributed by atoms with Crippen LogP contribution in [0.15, 0.2) is 110 Å². The van der Waals surface area contributed by atoms with Gasteiger partial charge in [-0.2, -0.15) is 5.10 Å². The largest absolute Gasteiger partial charge is 0.488 e. The molecule has 10 heteroatoms. The molecule has 44 heavy (non-hydrogen) atoms. The number of para-hydroxylation sites is 1. The van der Waals surface area contributed by atoms with Crippen molar-refractivity contribution in [2.24, 2.45) is 0 Å². The van der Waals surface area contributed by atoms with Crippen molar-refractivity contribution in [3.05, 3.63) is 121 Å². The van der Waals surface area contributed by atoms with E-state index in [1.54, 1.807) is 29.5 Å². The zero-order valence-electron chi connectivity index (χ0n) is 24.7. The summed E-state index contributed by atoms with van der Waals surface area (Å²) in [5.74, 6) is 2.53. The Kier molecular flexibility index (Phi) is 7.88. The number of ether oxygens (including phenoxy) is 1. The number of nitrogens with zero attached hydrogens (tertiary/aromatic N) is 5. The summed E-state index contributed by atoms with van der Waals surface area (Å²) in [7, 11) is 0. The van der Waals surface area contributed by atoms with E-state index in [9.17, 15) is 4.79 Å². The average Bonchev–Trinajstić information content (AvgIpc) is 3.46. The van der Waals surface area contributed by atoms with Crippen LogP contribution in [0.25, 0.3) is 16.5 Å². The maximum absolute atomic E-state index is 13.3. The molecule has 3 heterocycles. The number of carbonyl (C=O) groups excluding carboxylic acids is 1. The maximum Gasteiger partial charge on any atom is 0.324 e. The summed E-state index contributed by atoms with van der Waals surface area (Å²) in [5.41, 5.74) is 3.13. The van der Waals surface area contributed by atoms with E-state index in [0.29, 0.717) is 35.5 Å². The highest BCUT2D eigenvalue weighted by molar-refractivity contribution is 6.07. The number of anilines is 4. The lowest BCUT2D eigenvalue weighted by atomic mass is 9.92. The fraction of sp³-hybridized carbons (Fsp3) is 0.147. The molecule has 10 nitrogen and oxygen atoms in total. The molecule has 0 fully saturated rings. The average molecular weight is 585 g/mol. The highest BCUT2D eigenvalue weighted by atomic mass is 16.5. The van der Waals surface area contributed by atoms with Crippen molar-refractivity contribution in [3.63, 3.8) is 0 Å². The molecule has 0 saturated carbocycles. The van der Waals surface area contributed by atoms with E-state index in [1.807, 2.05) is 84.9 Å². The molecule has 0 saturated heterocycles. The Balaban J connectivity index is 1.19. The first-order chi connectivity index (χ1) is 21.3. The summed E-state index contributed by atoms with van der Waals surface area (Å²) >= 11 is 0. The summed E-state index contributed by atoms with van der Waals surface area (Å²) < 4.78 is 7.99. The van der Waals surface area contributed by atoms with Crippen LogP contribution in [-0.4, -0.2) is 30.8 Å². The van der Waals surface area contributed by atoms with Crippen molar-refractivity contribution in [2.45, 2.75) is 32.8 Å². The summed E-state index contributed by atoms with van der Waals surface area (Å²) in [6.45, 7) is 6.60. The van der Waals surface area contributed by atoms with Gasteiger partial charge in [0.1, 0.15) is 29.8 Å². The van der Waals surface area contributed by atoms with Gasteiger partial charge in [0.2, 0.25) is 0 Å². The number of benzene rings is 3. The number of rotatable bonds is 8. The lowest BCUT2D eigenvalue weighted by molar-refractivity contribution is 0.262. The number of fused-ring (bicyclic) bond motifs is 1. The zero-order chi connectivity index (χ0) is 30.5. The summed E-state index contributed by atoms with van der Waals surface area (Å²) in [6, 6.07) is 26.6. The number of carbonyl (C=O) groups is 1. The third-order valence-electron chi connectivity index (χ3n) is 6.89. The van der Waals surface area contributed by atoms with Crippen molar-refractivity contribution in [1.29, 1.82) is 0 Å². The lowest BCUT2D eigenvalue weighted by Crippen LogP contribution is -2.21. The Bertz CT molecular complexity index is 1900. The molecule has 0 bridgehead atoms. The number of hydrogen-bond donors (Lipinski definition) is 3. The molecule has 0 radical (unpaired) electrons. The molecule has 3 aromatic carbocycles. The quantitative estimate of drug-likeness (QED) is 0.170. The first-order valence-electron chi connectivity index (χ1n) is 14.2. The van der Waals surface area contributed by atoms with Crippen molar-refractivity contribution in [1.82, 2.24) is 24.7 Å². The minimum atomic E-state index is -0.374. The SMILES string of the molecule is CC(C)(C)c1cc(NC(=O)Nc2ccc(OCc3ccnc(Nc4cnccn4)c3)c3ccccc23)n(-c2ccccc2)n1. The number of urea groups is 1. The summed E-state index contributed by atoms with van der Waals surface area (Å²) in [5, 5.41) is 15.7. The Labute approximate surface area is 255 Å². The fourth-order valence-corrected chi connectivity index (χ4v) is 4.67. The molecule has 3 N–H and O–H groups in total. The summed E-state index contributed by atoms with van der Waals surface area (Å²) in [6.07, 6.45) is 6.58. The molecule has 0 aliphatic carbocycles. The third-order valence-corrected chi connectivity index (χ3v) is 6.89. The van der Waals surface area contributed by atoms with E-state index in [1.165, 1.54) is 0 Å². The van der Waals surface area contributed by atoms with Crippen LogP contribution < -0.4 is 20.7 Å². The van der Waals surface area contributed by atoms with E-state index in [0.717, 1.165) is 27.7 Å². The van der Waals surface area contributed by atoms with Gasteiger partial charge in [-0.15, -0.1) is 0 Å². The molecule has 0 atom stereocenters. The van der Waals surface area contributed by atoms with Crippen LogP contribution in [0.5, 0.6) is 5.75 Å². The second-order valence-electron chi connectivity index (χ2n) is 11.2. The molecule has 6 rings (SSSR count). The first kappa shape index (κ1) is 28.4. The Hall–Kier alpha value is -5.77. The van der Waals surface area contributed by atoms with Crippen molar-refractivity contribution in [2.75, 3.05) is 16.0 Å². The molecule has 0 aliphatic rings. The van der Waals surface area contributed by atoms with Gasteiger partial charge in [-0.25, -0.2) is 19.4 Å². The van der Waals surface area contributed by atoms with Gasteiger partial charge in [0.05, 0.1) is 23.3 Å². The third kappa shape index (κ3) is 6.49. The zero-order valence-corrected chi connectivity index (χ0v) is 24.7. The van der Waals surface area contributed by atoms with Crippen molar-refractivity contribution in [3.8, 4) is 11.4 Å². The number of pyridine rings is 1. The molecule has 6 aromatic rings. The highest BCUT2D eigenvalue weighted by Gasteiger charge is 2.22. The first-order valence-corrected chi connectivity index (χ1v) is 14.2. The predicted molar refractivity (Wildman–Crippen MR) is 173 cm³/mol. The number of hydrogen-bond acceptors (Lipinski definition) is 7. The van der Waals surface area contributed by atoms with Crippen LogP contribution in [-0.2, 0) is 12.0 Å². The van der Waals surface area contributed by atoms with Crippen LogP contribution in [0, 0.1) is 0 Å². The minimum absolute atomic E-state index is 0.191. The van der Waals surface area contributed by atoms with Crippen LogP contribution in [0.4, 0.5) is 27.9 Å². The topological polar surface area (TPSA) is 119 Å². The van der Waals surface area contributed by atoms with Crippen molar-refractivity contribution >= 4 is 39.9 Å². The van der Waals surface area contributed by atoms with Crippen LogP contribution in [0.3, 0.4) is 0 Å². The molecule has 3 aromatic heterocycles. The minimum Gasteiger partial charge on any atom is -0.488 e. The predicted octanol–water partition coefficient (Wildman–Crippen LogP) is 7.47. The standard InChI is InChI=1S/C34H32N8O2/c1-34(2,3)29-20-32(42(41-29)24-9-5-4-6-10-24)40-33(43)38-27-13-14-28(26-12-8-7-11-25(26)27)44-22-23-15-16-36-30(19-23)39-31-21-35-17-18-37-31/h4-21H,22H2,1-3H3,(H,36,37,39)(H2,38,40,43). The Morgan fingerprint density at radius 2 is 1.59 bits per heavy atom. The second-order valence-corrected chi connectivity index (χ2v) is 11.2. The maximum atomic E-state index is 13.3. The van der Waals surface area contributed by atoms with E-state index in [4.69, 9.17) is 9.84 Å². The van der Waals surface area contributed by atoms with E-state index >= 15 is 0 Å². The highest BCUT2D eigenvalue weighted by Crippen LogP contribution is 2.33. The van der Waals surface area contributed by atoms with Gasteiger partial charge in [-0.05, 0) is 42.0 Å². The normalized spacial score (nSPS) is 11.2. The van der Waals surface area contributed by atoms with Gasteiger partial charge in [0.25, 0.3) is 0 Å². The smallest absolute Gasteiger partial charge is 0.324 e. The van der Waals surface area contributed by atoms with E-state index < -0.39 is 0 Å². The lowest BCUT2D eigenvalue weighted by Gasteiger charge is -2.15. The van der Waals surface area contributed by atoms with Gasteiger partial charge >= 0.3 is 6.03 Å². The molecule has 220 valence electrons. The van der Waals surface area contributed by atoms with Gasteiger partial charge < -0.3 is 15.4 Å². The Morgan fingerprint density at radius 1 is 0.818 bits per heavy atom. The van der Waals surface area contributed by atoms with Gasteiger partial charge in [0, 0.05) is 40.8 Å². The molecular formula is C34H32N8O2. The monoisotopic (exact) mass is 584 g/mol. The molecule has 0 aliphatic heterocycles. The number of amides is 2. The molecular weight excluding hydrogens is 552 g/mol. The van der Waals surface area contributed by atoms with Gasteiger partial charge in [-0.3, -0.25) is 10.3 Å². The fourth-order valence-electron chi connectivity index (χ4n) is 4.67. The van der Waals surface area contributed by atoms with Crippen LogP contribution in [0.2, 0.25) is 0 Å². The van der Waals surface area contributed by atoms with E-state index in [2.05, 4.69) is 51.7 Å². The van der Waals surface area contributed by atoms with Crippen LogP contribution in [0.1, 0.15) is 32.0 Å².